The SMILES string of the molecule is CCCCCCCOc1ccc(-c2cnc(-c3ccc(C[C@H](CC(=O)OCc4ccccc4)C(=O)N4CC(C(=O)OC(C)(C)C)C4)cc3)nc2)cc1. The van der Waals surface area contributed by atoms with E-state index < -0.39 is 17.5 Å². The molecule has 1 fully saturated rings. The van der Waals surface area contributed by atoms with Gasteiger partial charge in [-0.2, -0.15) is 0 Å². The normalized spacial score (nSPS) is 13.6. The lowest BCUT2D eigenvalue weighted by molar-refractivity contribution is -0.169. The average molecular weight is 706 g/mol. The summed E-state index contributed by atoms with van der Waals surface area (Å²) in [6.07, 6.45) is 9.93. The number of esters is 2. The quantitative estimate of drug-likeness (QED) is 0.0799. The standard InChI is InChI=1S/C43H51N3O6/c1-5-6-7-8-12-23-50-38-21-19-33(20-22-38)36-26-44-40(45-27-36)34-17-15-31(16-18-34)24-35(25-39(47)51-30-32-13-10-9-11-14-32)41(48)46-28-37(29-46)42(49)52-43(2,3)4/h9-11,13-22,26-27,35,37H,5-8,12,23-25,28-30H2,1-4H3/t35-/m1/s1. The third-order valence-electron chi connectivity index (χ3n) is 8.99. The van der Waals surface area contributed by atoms with Gasteiger partial charge in [-0.25, -0.2) is 9.97 Å². The first-order valence-electron chi connectivity index (χ1n) is 18.4. The van der Waals surface area contributed by atoms with Crippen LogP contribution in [-0.2, 0) is 36.9 Å². The summed E-state index contributed by atoms with van der Waals surface area (Å²) in [7, 11) is 0. The van der Waals surface area contributed by atoms with Crippen molar-refractivity contribution in [1.82, 2.24) is 14.9 Å². The number of hydrogen-bond donors (Lipinski definition) is 0. The van der Waals surface area contributed by atoms with Gasteiger partial charge in [0.05, 0.1) is 24.9 Å². The maximum Gasteiger partial charge on any atom is 0.313 e. The van der Waals surface area contributed by atoms with Gasteiger partial charge in [0.2, 0.25) is 5.91 Å². The summed E-state index contributed by atoms with van der Waals surface area (Å²) >= 11 is 0. The highest BCUT2D eigenvalue weighted by atomic mass is 16.6. The van der Waals surface area contributed by atoms with Gasteiger partial charge in [-0.05, 0) is 62.4 Å². The molecule has 1 aliphatic rings. The Kier molecular flexibility index (Phi) is 13.5. The fraction of sp³-hybridized carbons (Fsp3) is 0.419. The summed E-state index contributed by atoms with van der Waals surface area (Å²) in [6, 6.07) is 25.2. The van der Waals surface area contributed by atoms with Crippen molar-refractivity contribution < 1.29 is 28.6 Å². The van der Waals surface area contributed by atoms with Gasteiger partial charge in [0.15, 0.2) is 5.82 Å². The molecule has 0 aliphatic carbocycles. The second-order valence-corrected chi connectivity index (χ2v) is 14.5. The van der Waals surface area contributed by atoms with E-state index in [4.69, 9.17) is 14.2 Å². The van der Waals surface area contributed by atoms with Gasteiger partial charge in [-0.3, -0.25) is 14.4 Å². The maximum atomic E-state index is 13.7. The molecule has 274 valence electrons. The first-order chi connectivity index (χ1) is 25.1. The highest BCUT2D eigenvalue weighted by Crippen LogP contribution is 2.27. The molecule has 1 saturated heterocycles. The van der Waals surface area contributed by atoms with Crippen molar-refractivity contribution in [3.63, 3.8) is 0 Å². The lowest BCUT2D eigenvalue weighted by Gasteiger charge is -2.40. The molecule has 3 aromatic carbocycles. The fourth-order valence-electron chi connectivity index (χ4n) is 6.04. The van der Waals surface area contributed by atoms with Crippen molar-refractivity contribution in [3.8, 4) is 28.3 Å². The molecule has 0 N–H and O–H groups in total. The van der Waals surface area contributed by atoms with Crippen LogP contribution in [0.5, 0.6) is 5.75 Å². The lowest BCUT2D eigenvalue weighted by Crippen LogP contribution is -2.56. The second kappa shape index (κ2) is 18.4. The van der Waals surface area contributed by atoms with Gasteiger partial charge in [-0.1, -0.05) is 99.3 Å². The second-order valence-electron chi connectivity index (χ2n) is 14.5. The predicted octanol–water partition coefficient (Wildman–Crippen LogP) is 8.25. The molecule has 2 heterocycles. The number of aromatic nitrogens is 2. The third kappa shape index (κ3) is 11.5. The molecule has 52 heavy (non-hydrogen) atoms. The average Bonchev–Trinajstić information content (AvgIpc) is 3.11. The molecular formula is C43H51N3O6. The molecule has 4 aromatic rings. The number of carbonyl (C=O) groups excluding carboxylic acids is 3. The minimum Gasteiger partial charge on any atom is -0.494 e. The van der Waals surface area contributed by atoms with Gasteiger partial charge in [0.1, 0.15) is 18.0 Å². The van der Waals surface area contributed by atoms with Crippen LogP contribution in [0.2, 0.25) is 0 Å². The number of amides is 1. The number of nitrogens with zero attached hydrogens (tertiary/aromatic N) is 3. The zero-order valence-electron chi connectivity index (χ0n) is 30.9. The van der Waals surface area contributed by atoms with Gasteiger partial charge in [0.25, 0.3) is 0 Å². The molecule has 1 aromatic heterocycles. The Balaban J connectivity index is 1.18. The van der Waals surface area contributed by atoms with E-state index in [9.17, 15) is 14.4 Å². The summed E-state index contributed by atoms with van der Waals surface area (Å²) in [5.41, 5.74) is 3.93. The Hall–Kier alpha value is -5.05. The highest BCUT2D eigenvalue weighted by molar-refractivity contribution is 5.86. The number of unbranched alkanes of at least 4 members (excludes halogenated alkanes) is 4. The molecule has 0 spiro atoms. The molecule has 0 saturated carbocycles. The fourth-order valence-corrected chi connectivity index (χ4v) is 6.04. The molecule has 0 radical (unpaired) electrons. The van der Waals surface area contributed by atoms with Crippen LogP contribution in [0, 0.1) is 11.8 Å². The molecule has 0 unspecified atom stereocenters. The van der Waals surface area contributed by atoms with Gasteiger partial charge >= 0.3 is 11.9 Å². The molecular weight excluding hydrogens is 654 g/mol. The van der Waals surface area contributed by atoms with E-state index in [2.05, 4.69) is 16.9 Å². The maximum absolute atomic E-state index is 13.7. The summed E-state index contributed by atoms with van der Waals surface area (Å²) < 4.78 is 16.9. The number of ether oxygens (including phenoxy) is 3. The van der Waals surface area contributed by atoms with Crippen LogP contribution in [0.15, 0.2) is 91.3 Å². The lowest BCUT2D eigenvalue weighted by atomic mass is 9.91. The van der Waals surface area contributed by atoms with Crippen molar-refractivity contribution in [1.29, 1.82) is 0 Å². The van der Waals surface area contributed by atoms with Crippen LogP contribution >= 0.6 is 0 Å². The summed E-state index contributed by atoms with van der Waals surface area (Å²) in [5, 5.41) is 0. The number of hydrogen-bond acceptors (Lipinski definition) is 8. The Bertz CT molecular complexity index is 1730. The molecule has 0 bridgehead atoms. The van der Waals surface area contributed by atoms with E-state index in [1.165, 1.54) is 25.7 Å². The summed E-state index contributed by atoms with van der Waals surface area (Å²) in [6.45, 7) is 9.09. The van der Waals surface area contributed by atoms with Crippen LogP contribution in [0.1, 0.15) is 77.3 Å². The van der Waals surface area contributed by atoms with E-state index in [1.54, 1.807) is 4.90 Å². The van der Waals surface area contributed by atoms with Gasteiger partial charge in [0, 0.05) is 36.6 Å². The Morgan fingerprint density at radius 2 is 1.44 bits per heavy atom. The van der Waals surface area contributed by atoms with Crippen LogP contribution < -0.4 is 4.74 Å². The number of likely N-dealkylation sites (tertiary alicyclic amines) is 1. The summed E-state index contributed by atoms with van der Waals surface area (Å²) in [5.74, 6) is -0.510. The van der Waals surface area contributed by atoms with E-state index >= 15 is 0 Å². The van der Waals surface area contributed by atoms with E-state index in [1.807, 2.05) is 112 Å². The molecule has 5 rings (SSSR count). The smallest absolute Gasteiger partial charge is 0.313 e. The zero-order chi connectivity index (χ0) is 36.9. The molecule has 1 aliphatic heterocycles. The van der Waals surface area contributed by atoms with Gasteiger partial charge in [-0.15, -0.1) is 0 Å². The monoisotopic (exact) mass is 705 g/mol. The van der Waals surface area contributed by atoms with Crippen molar-refractivity contribution >= 4 is 17.8 Å². The largest absolute Gasteiger partial charge is 0.494 e. The van der Waals surface area contributed by atoms with E-state index in [0.29, 0.717) is 12.2 Å². The van der Waals surface area contributed by atoms with Crippen molar-refractivity contribution in [3.05, 3.63) is 102 Å². The number of benzene rings is 3. The van der Waals surface area contributed by atoms with E-state index in [0.717, 1.165) is 46.6 Å². The minimum absolute atomic E-state index is 0.0717. The number of carbonyl (C=O) groups is 3. The topological polar surface area (TPSA) is 108 Å². The minimum atomic E-state index is -0.646. The zero-order valence-corrected chi connectivity index (χ0v) is 30.9. The number of rotatable bonds is 17. The van der Waals surface area contributed by atoms with Crippen molar-refractivity contribution in [2.75, 3.05) is 19.7 Å². The van der Waals surface area contributed by atoms with Crippen molar-refractivity contribution in [2.45, 2.75) is 84.8 Å². The first kappa shape index (κ1) is 38.2. The Labute approximate surface area is 307 Å². The molecule has 9 heteroatoms. The Morgan fingerprint density at radius 1 is 0.788 bits per heavy atom. The summed E-state index contributed by atoms with van der Waals surface area (Å²) in [4.78, 5) is 50.0. The van der Waals surface area contributed by atoms with Crippen LogP contribution in [-0.4, -0.2) is 58.0 Å². The first-order valence-corrected chi connectivity index (χ1v) is 18.4. The Morgan fingerprint density at radius 3 is 2.10 bits per heavy atom. The highest BCUT2D eigenvalue weighted by Gasteiger charge is 2.40. The third-order valence-corrected chi connectivity index (χ3v) is 8.99. The van der Waals surface area contributed by atoms with E-state index in [-0.39, 0.29) is 43.9 Å². The molecule has 9 nitrogen and oxygen atoms in total. The van der Waals surface area contributed by atoms with Crippen LogP contribution in [0.4, 0.5) is 0 Å². The van der Waals surface area contributed by atoms with Gasteiger partial charge < -0.3 is 19.1 Å². The van der Waals surface area contributed by atoms with Crippen LogP contribution in [0.3, 0.4) is 0 Å². The predicted molar refractivity (Wildman–Crippen MR) is 201 cm³/mol. The molecule has 1 amide bonds. The van der Waals surface area contributed by atoms with Crippen molar-refractivity contribution in [2.24, 2.45) is 11.8 Å². The molecule has 1 atom stereocenters. The van der Waals surface area contributed by atoms with Crippen LogP contribution in [0.25, 0.3) is 22.5 Å².